The monoisotopic (exact) mass is 665 g/mol. The van der Waals surface area contributed by atoms with E-state index in [1.807, 2.05) is 53.2 Å². The molecule has 0 spiro atoms. The Morgan fingerprint density at radius 3 is 2.61 bits per heavy atom. The molecule has 1 aromatic heterocycles. The van der Waals surface area contributed by atoms with Crippen molar-refractivity contribution >= 4 is 33.4 Å². The summed E-state index contributed by atoms with van der Waals surface area (Å²) >= 11 is 6.11. The number of ether oxygens (including phenoxy) is 2. The SMILES string of the molecule is COc1ccc2cc1OCCCN(S(=O)(=O)Cc1cccc(Cl)c1)CC(=O)N[C@@H](Cc1ccccc1)C(=O)NCCn1ccnc1-2. The molecule has 0 saturated carbocycles. The Bertz CT molecular complexity index is 1770. The summed E-state index contributed by atoms with van der Waals surface area (Å²) in [4.78, 5) is 31.4. The summed E-state index contributed by atoms with van der Waals surface area (Å²) in [5.74, 6) is 0.331. The molecule has 3 aromatic carbocycles. The standard InChI is InChI=1S/C33H36ClN5O6S/c1-44-29-12-11-26-21-30(29)45-18-6-15-39(46(42,43)23-25-9-5-10-27(34)19-25)22-31(40)37-28(20-24-7-3-2-4-8-24)33(41)36-14-17-38-16-13-35-32(26)38/h2-5,7-13,16,19,21,28H,6,14-15,17-18,20,22-23H2,1H3,(H,36,41)(H,37,40)/t28-/m0/s1. The molecule has 4 aromatic rings. The minimum Gasteiger partial charge on any atom is -0.493 e. The number of methoxy groups -OCH3 is 1. The third kappa shape index (κ3) is 8.65. The van der Waals surface area contributed by atoms with E-state index in [0.29, 0.717) is 34.5 Å². The van der Waals surface area contributed by atoms with E-state index in [4.69, 9.17) is 21.1 Å². The van der Waals surface area contributed by atoms with Crippen LogP contribution in [0, 0.1) is 0 Å². The zero-order valence-corrected chi connectivity index (χ0v) is 27.0. The van der Waals surface area contributed by atoms with E-state index < -0.39 is 28.5 Å². The number of carbonyl (C=O) groups excluding carboxylic acids is 2. The highest BCUT2D eigenvalue weighted by atomic mass is 35.5. The van der Waals surface area contributed by atoms with Crippen LogP contribution in [0.15, 0.2) is 85.2 Å². The van der Waals surface area contributed by atoms with Crippen LogP contribution in [0.2, 0.25) is 5.02 Å². The number of sulfonamides is 1. The van der Waals surface area contributed by atoms with E-state index in [1.165, 1.54) is 7.11 Å². The molecule has 2 bridgehead atoms. The molecule has 1 atom stereocenters. The quantitative estimate of drug-likeness (QED) is 0.321. The molecule has 0 aliphatic carbocycles. The van der Waals surface area contributed by atoms with E-state index in [1.54, 1.807) is 36.5 Å². The average Bonchev–Trinajstić information content (AvgIpc) is 3.50. The second kappa shape index (κ2) is 15.3. The van der Waals surface area contributed by atoms with Crippen molar-refractivity contribution < 1.29 is 27.5 Å². The van der Waals surface area contributed by atoms with E-state index in [0.717, 1.165) is 15.4 Å². The van der Waals surface area contributed by atoms with Crippen LogP contribution < -0.4 is 20.1 Å². The van der Waals surface area contributed by atoms with Crippen molar-refractivity contribution in [2.45, 2.75) is 31.2 Å². The maximum absolute atomic E-state index is 13.7. The molecule has 5 rings (SSSR count). The number of hydrogen-bond acceptors (Lipinski definition) is 7. The Balaban J connectivity index is 1.44. The summed E-state index contributed by atoms with van der Waals surface area (Å²) in [5.41, 5.74) is 2.12. The first kappa shape index (κ1) is 33.0. The Morgan fingerprint density at radius 2 is 1.83 bits per heavy atom. The molecule has 0 saturated heterocycles. The van der Waals surface area contributed by atoms with Gasteiger partial charge in [0.1, 0.15) is 11.9 Å². The number of nitrogens with one attached hydrogen (secondary N) is 2. The molecule has 1 aliphatic heterocycles. The van der Waals surface area contributed by atoms with Gasteiger partial charge in [-0.25, -0.2) is 13.4 Å². The van der Waals surface area contributed by atoms with Crippen LogP contribution in [0.3, 0.4) is 0 Å². The Labute approximate surface area is 273 Å². The van der Waals surface area contributed by atoms with Crippen LogP contribution in [-0.4, -0.2) is 73.5 Å². The average molecular weight is 666 g/mol. The lowest BCUT2D eigenvalue weighted by Gasteiger charge is -2.24. The molecular formula is C33H36ClN5O6S. The molecular weight excluding hydrogens is 630 g/mol. The number of imidazole rings is 1. The van der Waals surface area contributed by atoms with Gasteiger partial charge in [0, 0.05) is 49.0 Å². The molecule has 11 nitrogen and oxygen atoms in total. The third-order valence-electron chi connectivity index (χ3n) is 7.48. The van der Waals surface area contributed by atoms with Crippen LogP contribution in [-0.2, 0) is 38.3 Å². The smallest absolute Gasteiger partial charge is 0.242 e. The van der Waals surface area contributed by atoms with Gasteiger partial charge in [-0.15, -0.1) is 0 Å². The molecule has 46 heavy (non-hydrogen) atoms. The number of nitrogens with zero attached hydrogens (tertiary/aromatic N) is 3. The van der Waals surface area contributed by atoms with Crippen LogP contribution in [0.25, 0.3) is 11.4 Å². The minimum atomic E-state index is -3.98. The Hall–Kier alpha value is -4.39. The maximum atomic E-state index is 13.7. The summed E-state index contributed by atoms with van der Waals surface area (Å²) in [5, 5.41) is 6.11. The summed E-state index contributed by atoms with van der Waals surface area (Å²) < 4.78 is 41.9. The highest BCUT2D eigenvalue weighted by Crippen LogP contribution is 2.32. The van der Waals surface area contributed by atoms with E-state index >= 15 is 0 Å². The summed E-state index contributed by atoms with van der Waals surface area (Å²) in [6.07, 6.45) is 4.01. The third-order valence-corrected chi connectivity index (χ3v) is 9.52. The number of hydrogen-bond donors (Lipinski definition) is 2. The predicted molar refractivity (Wildman–Crippen MR) is 175 cm³/mol. The van der Waals surface area contributed by atoms with Crippen molar-refractivity contribution in [3.05, 3.63) is 101 Å². The van der Waals surface area contributed by atoms with Gasteiger partial charge in [0.25, 0.3) is 0 Å². The van der Waals surface area contributed by atoms with Gasteiger partial charge in [0.2, 0.25) is 21.8 Å². The molecule has 0 fully saturated rings. The van der Waals surface area contributed by atoms with Gasteiger partial charge in [-0.05, 0) is 47.9 Å². The molecule has 242 valence electrons. The second-order valence-corrected chi connectivity index (χ2v) is 13.2. The van der Waals surface area contributed by atoms with E-state index in [2.05, 4.69) is 15.6 Å². The van der Waals surface area contributed by atoms with Gasteiger partial charge in [-0.1, -0.05) is 54.1 Å². The Kier molecular flexibility index (Phi) is 10.9. The van der Waals surface area contributed by atoms with Gasteiger partial charge < -0.3 is 24.7 Å². The van der Waals surface area contributed by atoms with Crippen molar-refractivity contribution in [2.24, 2.45) is 0 Å². The predicted octanol–water partition coefficient (Wildman–Crippen LogP) is 3.67. The lowest BCUT2D eigenvalue weighted by atomic mass is 10.1. The lowest BCUT2D eigenvalue weighted by molar-refractivity contribution is -0.129. The lowest BCUT2D eigenvalue weighted by Crippen LogP contribution is -2.51. The van der Waals surface area contributed by atoms with Gasteiger partial charge in [-0.2, -0.15) is 4.31 Å². The number of carbonyl (C=O) groups is 2. The molecule has 2 heterocycles. The van der Waals surface area contributed by atoms with Gasteiger partial charge in [0.15, 0.2) is 11.5 Å². The van der Waals surface area contributed by atoms with Crippen molar-refractivity contribution in [1.29, 1.82) is 0 Å². The van der Waals surface area contributed by atoms with Crippen molar-refractivity contribution in [3.8, 4) is 22.9 Å². The number of fused-ring (bicyclic) bond motifs is 4. The molecule has 2 N–H and O–H groups in total. The number of benzene rings is 3. The van der Waals surface area contributed by atoms with Gasteiger partial charge >= 0.3 is 0 Å². The molecule has 0 radical (unpaired) electrons. The van der Waals surface area contributed by atoms with Crippen LogP contribution in [0.4, 0.5) is 0 Å². The van der Waals surface area contributed by atoms with Crippen molar-refractivity contribution in [3.63, 3.8) is 0 Å². The topological polar surface area (TPSA) is 132 Å². The zero-order valence-electron chi connectivity index (χ0n) is 25.4. The Morgan fingerprint density at radius 1 is 1.02 bits per heavy atom. The fraction of sp³-hybridized carbons (Fsp3) is 0.303. The summed E-state index contributed by atoms with van der Waals surface area (Å²) in [7, 11) is -2.44. The zero-order chi connectivity index (χ0) is 32.5. The second-order valence-electron chi connectivity index (χ2n) is 10.8. The fourth-order valence-corrected chi connectivity index (χ4v) is 6.95. The highest BCUT2D eigenvalue weighted by molar-refractivity contribution is 7.88. The summed E-state index contributed by atoms with van der Waals surface area (Å²) in [6, 6.07) is 20.4. The highest BCUT2D eigenvalue weighted by Gasteiger charge is 2.28. The van der Waals surface area contributed by atoms with Crippen LogP contribution >= 0.6 is 11.6 Å². The molecule has 2 amide bonds. The first-order valence-electron chi connectivity index (χ1n) is 14.9. The molecule has 1 aliphatic rings. The fourth-order valence-electron chi connectivity index (χ4n) is 5.23. The molecule has 13 heteroatoms. The normalized spacial score (nSPS) is 17.0. The number of amides is 2. The van der Waals surface area contributed by atoms with Gasteiger partial charge in [-0.3, -0.25) is 9.59 Å². The van der Waals surface area contributed by atoms with E-state index in [-0.39, 0.29) is 44.2 Å². The van der Waals surface area contributed by atoms with E-state index in [9.17, 15) is 18.0 Å². The first-order valence-corrected chi connectivity index (χ1v) is 16.9. The number of aromatic nitrogens is 2. The van der Waals surface area contributed by atoms with Gasteiger partial charge in [0.05, 0.1) is 26.0 Å². The first-order chi connectivity index (χ1) is 22.2. The van der Waals surface area contributed by atoms with Crippen LogP contribution in [0.1, 0.15) is 17.5 Å². The minimum absolute atomic E-state index is 0.00171. The number of halogens is 1. The van der Waals surface area contributed by atoms with Crippen molar-refractivity contribution in [1.82, 2.24) is 24.5 Å². The number of rotatable bonds is 6. The van der Waals surface area contributed by atoms with Crippen LogP contribution in [0.5, 0.6) is 11.5 Å². The maximum Gasteiger partial charge on any atom is 0.242 e. The summed E-state index contributed by atoms with van der Waals surface area (Å²) in [6.45, 7) is 0.364. The van der Waals surface area contributed by atoms with Crippen molar-refractivity contribution in [2.75, 3.05) is 33.4 Å². The largest absolute Gasteiger partial charge is 0.493 e. The molecule has 0 unspecified atom stereocenters.